The average molecular weight is 446 g/mol. The van der Waals surface area contributed by atoms with Gasteiger partial charge in [0, 0.05) is 29.2 Å². The van der Waals surface area contributed by atoms with Crippen LogP contribution in [0.2, 0.25) is 0 Å². The largest absolute Gasteiger partial charge is 0.295 e. The minimum Gasteiger partial charge on any atom is -0.295 e. The first-order valence-electron chi connectivity index (χ1n) is 8.09. The van der Waals surface area contributed by atoms with Gasteiger partial charge in [-0.1, -0.05) is 12.1 Å². The number of ketones is 2. The lowest BCUT2D eigenvalue weighted by molar-refractivity contribution is 0.100. The molecule has 2 aromatic carbocycles. The Kier molecular flexibility index (Phi) is 7.93. The van der Waals surface area contributed by atoms with Crippen molar-refractivity contribution in [1.82, 2.24) is 0 Å². The molecule has 0 atom stereocenters. The summed E-state index contributed by atoms with van der Waals surface area (Å²) in [5, 5.41) is 0. The van der Waals surface area contributed by atoms with Crippen molar-refractivity contribution in [3.05, 3.63) is 58.9 Å². The van der Waals surface area contributed by atoms with Crippen LogP contribution in [-0.4, -0.2) is 40.9 Å². The summed E-state index contributed by atoms with van der Waals surface area (Å²) in [7, 11) is -7.11. The van der Waals surface area contributed by atoms with Gasteiger partial charge in [0.15, 0.2) is 31.2 Å². The third-order valence-electron chi connectivity index (χ3n) is 3.75. The van der Waals surface area contributed by atoms with Gasteiger partial charge in [0.25, 0.3) is 0 Å². The molecule has 0 radical (unpaired) electrons. The van der Waals surface area contributed by atoms with E-state index in [1.165, 1.54) is 38.1 Å². The third-order valence-corrected chi connectivity index (χ3v) is 6.05. The SMILES string of the molecule is CC(=O)c1ccc(CF)c(S(C)(=O)=O)c1.CC(=O)c1ccc(F)c(S(C)(=O)=O)c1. The summed E-state index contributed by atoms with van der Waals surface area (Å²) >= 11 is 0. The molecule has 0 heterocycles. The number of hydrogen-bond donors (Lipinski definition) is 0. The van der Waals surface area contributed by atoms with Crippen molar-refractivity contribution in [3.63, 3.8) is 0 Å². The Labute approximate surface area is 168 Å². The highest BCUT2D eigenvalue weighted by Crippen LogP contribution is 2.19. The monoisotopic (exact) mass is 446 g/mol. The highest BCUT2D eigenvalue weighted by molar-refractivity contribution is 7.91. The fourth-order valence-electron chi connectivity index (χ4n) is 2.24. The van der Waals surface area contributed by atoms with E-state index in [2.05, 4.69) is 0 Å². The quantitative estimate of drug-likeness (QED) is 0.654. The van der Waals surface area contributed by atoms with Gasteiger partial charge in [-0.2, -0.15) is 0 Å². The van der Waals surface area contributed by atoms with Crippen LogP contribution in [-0.2, 0) is 26.3 Å². The van der Waals surface area contributed by atoms with Crippen molar-refractivity contribution >= 4 is 31.2 Å². The number of hydrogen-bond acceptors (Lipinski definition) is 6. The van der Waals surface area contributed by atoms with Crippen LogP contribution in [0.3, 0.4) is 0 Å². The number of Topliss-reactive ketones (excluding diaryl/α,β-unsaturated/α-hetero) is 2. The smallest absolute Gasteiger partial charge is 0.178 e. The Bertz CT molecular complexity index is 1150. The van der Waals surface area contributed by atoms with Gasteiger partial charge in [0.1, 0.15) is 17.4 Å². The van der Waals surface area contributed by atoms with Gasteiger partial charge in [-0.3, -0.25) is 9.59 Å². The van der Waals surface area contributed by atoms with Crippen molar-refractivity contribution in [2.45, 2.75) is 30.3 Å². The van der Waals surface area contributed by atoms with Gasteiger partial charge in [-0.15, -0.1) is 0 Å². The Morgan fingerprint density at radius 2 is 1.21 bits per heavy atom. The summed E-state index contributed by atoms with van der Waals surface area (Å²) in [6, 6.07) is 7.25. The second kappa shape index (κ2) is 9.36. The fraction of sp³-hybridized carbons (Fsp3) is 0.263. The molecule has 0 aliphatic carbocycles. The summed E-state index contributed by atoms with van der Waals surface area (Å²) in [6.07, 6.45) is 1.89. The number of halogens is 2. The van der Waals surface area contributed by atoms with E-state index in [4.69, 9.17) is 0 Å². The molecule has 6 nitrogen and oxygen atoms in total. The van der Waals surface area contributed by atoms with Gasteiger partial charge in [-0.05, 0) is 38.1 Å². The Morgan fingerprint density at radius 1 is 0.793 bits per heavy atom. The lowest BCUT2D eigenvalue weighted by atomic mass is 10.1. The van der Waals surface area contributed by atoms with E-state index in [0.29, 0.717) is 0 Å². The molecule has 0 bridgehead atoms. The average Bonchev–Trinajstić information content (AvgIpc) is 2.60. The summed E-state index contributed by atoms with van der Waals surface area (Å²) in [5.74, 6) is -1.38. The van der Waals surface area contributed by atoms with Gasteiger partial charge < -0.3 is 0 Å². The molecule has 0 amide bonds. The van der Waals surface area contributed by atoms with Crippen LogP contribution in [0.15, 0.2) is 46.2 Å². The molecule has 2 rings (SSSR count). The summed E-state index contributed by atoms with van der Waals surface area (Å²) in [5.41, 5.74) is 0.543. The van der Waals surface area contributed by atoms with E-state index in [-0.39, 0.29) is 33.2 Å². The van der Waals surface area contributed by atoms with Crippen molar-refractivity contribution in [1.29, 1.82) is 0 Å². The number of benzene rings is 2. The number of carbonyl (C=O) groups excluding carboxylic acids is 2. The van der Waals surface area contributed by atoms with E-state index in [9.17, 15) is 35.2 Å². The molecule has 0 aromatic heterocycles. The second-order valence-electron chi connectivity index (χ2n) is 6.26. The summed E-state index contributed by atoms with van der Waals surface area (Å²) < 4.78 is 70.3. The number of sulfone groups is 2. The molecule has 0 saturated carbocycles. The molecule has 0 unspecified atom stereocenters. The minimum absolute atomic E-state index is 0.0856. The molecule has 0 fully saturated rings. The molecule has 0 aliphatic rings. The fourth-order valence-corrected chi connectivity index (χ4v) is 3.94. The van der Waals surface area contributed by atoms with E-state index in [1.54, 1.807) is 0 Å². The van der Waals surface area contributed by atoms with Crippen LogP contribution in [0.4, 0.5) is 8.78 Å². The molecule has 0 N–H and O–H groups in total. The normalized spacial score (nSPS) is 11.4. The number of rotatable bonds is 5. The topological polar surface area (TPSA) is 102 Å². The first kappa shape index (κ1) is 24.6. The molecule has 10 heteroatoms. The highest BCUT2D eigenvalue weighted by Gasteiger charge is 2.16. The Hall–Kier alpha value is -2.46. The van der Waals surface area contributed by atoms with Crippen LogP contribution < -0.4 is 0 Å². The molecule has 2 aromatic rings. The second-order valence-corrected chi connectivity index (χ2v) is 10.2. The molecule has 0 spiro atoms. The van der Waals surface area contributed by atoms with E-state index in [1.807, 2.05) is 0 Å². The van der Waals surface area contributed by atoms with Crippen LogP contribution in [0.1, 0.15) is 40.1 Å². The predicted molar refractivity (Wildman–Crippen MR) is 104 cm³/mol. The van der Waals surface area contributed by atoms with Crippen molar-refractivity contribution < 1.29 is 35.2 Å². The number of alkyl halides is 1. The van der Waals surface area contributed by atoms with Crippen molar-refractivity contribution in [3.8, 4) is 0 Å². The Morgan fingerprint density at radius 3 is 1.59 bits per heavy atom. The zero-order valence-electron chi connectivity index (χ0n) is 16.2. The maximum Gasteiger partial charge on any atom is 0.178 e. The molecule has 29 heavy (non-hydrogen) atoms. The van der Waals surface area contributed by atoms with Crippen molar-refractivity contribution in [2.24, 2.45) is 0 Å². The van der Waals surface area contributed by atoms with Crippen LogP contribution in [0, 0.1) is 5.82 Å². The molecule has 0 aliphatic heterocycles. The first-order valence-corrected chi connectivity index (χ1v) is 11.9. The molecular formula is C19H20F2O6S2. The maximum atomic E-state index is 13.0. The van der Waals surface area contributed by atoms with Crippen molar-refractivity contribution in [2.75, 3.05) is 12.5 Å². The van der Waals surface area contributed by atoms with Gasteiger partial charge in [0.2, 0.25) is 0 Å². The van der Waals surface area contributed by atoms with E-state index in [0.717, 1.165) is 24.6 Å². The Balaban J connectivity index is 0.000000291. The molecular weight excluding hydrogens is 426 g/mol. The third kappa shape index (κ3) is 6.82. The zero-order valence-corrected chi connectivity index (χ0v) is 17.8. The van der Waals surface area contributed by atoms with Crippen LogP contribution in [0.25, 0.3) is 0 Å². The predicted octanol–water partition coefficient (Wildman–Crippen LogP) is 3.19. The lowest BCUT2D eigenvalue weighted by Gasteiger charge is -2.05. The summed E-state index contributed by atoms with van der Waals surface area (Å²) in [4.78, 5) is 21.4. The van der Waals surface area contributed by atoms with Crippen LogP contribution in [0.5, 0.6) is 0 Å². The highest BCUT2D eigenvalue weighted by atomic mass is 32.2. The van der Waals surface area contributed by atoms with Gasteiger partial charge in [0.05, 0.1) is 4.90 Å². The van der Waals surface area contributed by atoms with Crippen LogP contribution >= 0.6 is 0 Å². The lowest BCUT2D eigenvalue weighted by Crippen LogP contribution is -2.04. The van der Waals surface area contributed by atoms with E-state index < -0.39 is 37.1 Å². The number of carbonyl (C=O) groups is 2. The van der Waals surface area contributed by atoms with Gasteiger partial charge >= 0.3 is 0 Å². The first-order chi connectivity index (χ1) is 13.2. The standard InChI is InChI=1S/C10H11FO3S.C9H9FO3S/c1-7(12)8-3-4-9(6-11)10(5-8)15(2,13)14;1-6(11)7-3-4-8(10)9(5-7)14(2,12)13/h3-5H,6H2,1-2H3;3-5H,1-2H3. The van der Waals surface area contributed by atoms with E-state index >= 15 is 0 Å². The van der Waals surface area contributed by atoms with Gasteiger partial charge in [-0.25, -0.2) is 25.6 Å². The minimum atomic E-state index is -3.62. The zero-order chi connectivity index (χ0) is 22.6. The molecule has 0 saturated heterocycles. The summed E-state index contributed by atoms with van der Waals surface area (Å²) in [6.45, 7) is 1.76. The molecule has 158 valence electrons. The maximum absolute atomic E-state index is 13.0.